The Balaban J connectivity index is 0.00000162. The van der Waals surface area contributed by atoms with E-state index >= 15 is 0 Å². The third kappa shape index (κ3) is 3.03. The number of piperidine rings is 1. The molecule has 1 aromatic rings. The van der Waals surface area contributed by atoms with Crippen LogP contribution in [0.3, 0.4) is 0 Å². The summed E-state index contributed by atoms with van der Waals surface area (Å²) in [6.45, 7) is 4.20. The van der Waals surface area contributed by atoms with E-state index in [4.69, 9.17) is 5.73 Å². The Morgan fingerprint density at radius 3 is 2.89 bits per heavy atom. The average Bonchev–Trinajstić information content (AvgIpc) is 2.69. The third-order valence-electron chi connectivity index (χ3n) is 3.47. The van der Waals surface area contributed by atoms with Gasteiger partial charge in [0, 0.05) is 25.8 Å². The predicted molar refractivity (Wildman–Crippen MR) is 72.9 cm³/mol. The maximum absolute atomic E-state index is 12.2. The van der Waals surface area contributed by atoms with Gasteiger partial charge in [-0.05, 0) is 38.3 Å². The van der Waals surface area contributed by atoms with Crippen molar-refractivity contribution in [1.82, 2.24) is 14.7 Å². The average molecular weight is 273 g/mol. The lowest BCUT2D eigenvalue weighted by Gasteiger charge is -2.31. The molecule has 1 saturated heterocycles. The largest absolute Gasteiger partial charge is 0.337 e. The maximum atomic E-state index is 12.2. The van der Waals surface area contributed by atoms with Gasteiger partial charge in [-0.2, -0.15) is 5.10 Å². The molecule has 2 rings (SSSR count). The molecule has 1 unspecified atom stereocenters. The van der Waals surface area contributed by atoms with Gasteiger partial charge in [-0.3, -0.25) is 9.48 Å². The van der Waals surface area contributed by atoms with E-state index in [0.29, 0.717) is 18.2 Å². The lowest BCUT2D eigenvalue weighted by Crippen LogP contribution is -2.42. The number of carbonyl (C=O) groups is 1. The number of nitrogens with zero attached hydrogens (tertiary/aromatic N) is 3. The lowest BCUT2D eigenvalue weighted by atomic mass is 9.98. The van der Waals surface area contributed by atoms with Gasteiger partial charge in [0.25, 0.3) is 5.91 Å². The van der Waals surface area contributed by atoms with Gasteiger partial charge < -0.3 is 10.6 Å². The van der Waals surface area contributed by atoms with E-state index in [-0.39, 0.29) is 18.3 Å². The van der Waals surface area contributed by atoms with E-state index in [1.54, 1.807) is 4.68 Å². The fourth-order valence-electron chi connectivity index (χ4n) is 2.27. The summed E-state index contributed by atoms with van der Waals surface area (Å²) in [5.41, 5.74) is 7.22. The van der Waals surface area contributed by atoms with Crippen LogP contribution in [0.25, 0.3) is 0 Å². The van der Waals surface area contributed by atoms with Crippen LogP contribution in [0, 0.1) is 12.8 Å². The van der Waals surface area contributed by atoms with Crippen molar-refractivity contribution in [3.05, 3.63) is 17.5 Å². The molecule has 5 nitrogen and oxygen atoms in total. The summed E-state index contributed by atoms with van der Waals surface area (Å²) in [6.07, 6.45) is 2.17. The Morgan fingerprint density at radius 2 is 2.33 bits per heavy atom. The molecule has 0 spiro atoms. The first-order valence-corrected chi connectivity index (χ1v) is 6.11. The zero-order valence-electron chi connectivity index (χ0n) is 10.9. The van der Waals surface area contributed by atoms with Crippen LogP contribution in [0.4, 0.5) is 0 Å². The summed E-state index contributed by atoms with van der Waals surface area (Å²) in [7, 11) is 1.85. The van der Waals surface area contributed by atoms with Gasteiger partial charge in [-0.25, -0.2) is 0 Å². The van der Waals surface area contributed by atoms with Crippen molar-refractivity contribution in [2.45, 2.75) is 19.8 Å². The molecule has 1 fully saturated rings. The highest BCUT2D eigenvalue weighted by Gasteiger charge is 2.25. The Bertz CT molecular complexity index is 399. The molecule has 0 aliphatic carbocycles. The minimum absolute atomic E-state index is 0. The highest BCUT2D eigenvalue weighted by atomic mass is 35.5. The number of carbonyl (C=O) groups excluding carboxylic acids is 1. The first kappa shape index (κ1) is 15.0. The normalized spacial score (nSPS) is 19.5. The zero-order valence-corrected chi connectivity index (χ0v) is 11.7. The SMILES string of the molecule is Cc1cc(C(=O)N2CCCC(CN)C2)nn1C.Cl. The molecular formula is C12H21ClN4O. The van der Waals surface area contributed by atoms with Crippen molar-refractivity contribution in [2.24, 2.45) is 18.7 Å². The van der Waals surface area contributed by atoms with Gasteiger partial charge in [0.2, 0.25) is 0 Å². The van der Waals surface area contributed by atoms with Gasteiger partial charge in [0.15, 0.2) is 5.69 Å². The van der Waals surface area contributed by atoms with Crippen molar-refractivity contribution in [1.29, 1.82) is 0 Å². The Kier molecular flexibility index (Phi) is 5.16. The van der Waals surface area contributed by atoms with E-state index in [1.165, 1.54) is 0 Å². The van der Waals surface area contributed by atoms with Crippen LogP contribution in [0.15, 0.2) is 6.07 Å². The van der Waals surface area contributed by atoms with Crippen LogP contribution < -0.4 is 5.73 Å². The molecule has 6 heteroatoms. The zero-order chi connectivity index (χ0) is 12.4. The van der Waals surface area contributed by atoms with Crippen molar-refractivity contribution in [3.8, 4) is 0 Å². The standard InChI is InChI=1S/C12H20N4O.ClH/c1-9-6-11(14-15(9)2)12(17)16-5-3-4-10(7-13)8-16;/h6,10H,3-5,7-8,13H2,1-2H3;1H. The summed E-state index contributed by atoms with van der Waals surface area (Å²) in [6, 6.07) is 1.84. The quantitative estimate of drug-likeness (QED) is 0.872. The Labute approximate surface area is 114 Å². The van der Waals surface area contributed by atoms with Gasteiger partial charge in [0.1, 0.15) is 0 Å². The maximum Gasteiger partial charge on any atom is 0.274 e. The monoisotopic (exact) mass is 272 g/mol. The first-order valence-electron chi connectivity index (χ1n) is 6.11. The molecule has 1 amide bonds. The number of aryl methyl sites for hydroxylation is 2. The van der Waals surface area contributed by atoms with Crippen LogP contribution in [-0.4, -0.2) is 40.2 Å². The van der Waals surface area contributed by atoms with Gasteiger partial charge in [-0.15, -0.1) is 12.4 Å². The van der Waals surface area contributed by atoms with Crippen LogP contribution in [0.5, 0.6) is 0 Å². The van der Waals surface area contributed by atoms with Crippen molar-refractivity contribution in [3.63, 3.8) is 0 Å². The summed E-state index contributed by atoms with van der Waals surface area (Å²) in [5.74, 6) is 0.476. The number of halogens is 1. The number of hydrogen-bond acceptors (Lipinski definition) is 3. The van der Waals surface area contributed by atoms with Crippen LogP contribution in [0.2, 0.25) is 0 Å². The molecule has 2 N–H and O–H groups in total. The minimum atomic E-state index is 0. The van der Waals surface area contributed by atoms with E-state index in [2.05, 4.69) is 5.10 Å². The minimum Gasteiger partial charge on any atom is -0.337 e. The van der Waals surface area contributed by atoms with Crippen LogP contribution in [-0.2, 0) is 7.05 Å². The van der Waals surface area contributed by atoms with E-state index < -0.39 is 0 Å². The molecule has 0 aromatic carbocycles. The Morgan fingerprint density at radius 1 is 1.61 bits per heavy atom. The number of rotatable bonds is 2. The lowest BCUT2D eigenvalue weighted by molar-refractivity contribution is 0.0671. The van der Waals surface area contributed by atoms with Crippen molar-refractivity contribution in [2.75, 3.05) is 19.6 Å². The molecule has 1 aliphatic rings. The molecule has 18 heavy (non-hydrogen) atoms. The van der Waals surface area contributed by atoms with Gasteiger partial charge in [-0.1, -0.05) is 0 Å². The van der Waals surface area contributed by atoms with Crippen LogP contribution in [0.1, 0.15) is 29.0 Å². The second-order valence-corrected chi connectivity index (χ2v) is 4.79. The molecular weight excluding hydrogens is 252 g/mol. The molecule has 1 aromatic heterocycles. The van der Waals surface area contributed by atoms with Gasteiger partial charge in [0.05, 0.1) is 0 Å². The van der Waals surface area contributed by atoms with Gasteiger partial charge >= 0.3 is 0 Å². The smallest absolute Gasteiger partial charge is 0.274 e. The highest BCUT2D eigenvalue weighted by Crippen LogP contribution is 2.17. The molecule has 0 saturated carbocycles. The number of hydrogen-bond donors (Lipinski definition) is 1. The van der Waals surface area contributed by atoms with E-state index in [0.717, 1.165) is 31.6 Å². The molecule has 0 bridgehead atoms. The highest BCUT2D eigenvalue weighted by molar-refractivity contribution is 5.92. The third-order valence-corrected chi connectivity index (χ3v) is 3.47. The van der Waals surface area contributed by atoms with Crippen molar-refractivity contribution < 1.29 is 4.79 Å². The van der Waals surface area contributed by atoms with E-state index in [1.807, 2.05) is 24.9 Å². The second kappa shape index (κ2) is 6.20. The molecule has 1 aliphatic heterocycles. The number of nitrogens with two attached hydrogens (primary N) is 1. The Hall–Kier alpha value is -1.07. The number of likely N-dealkylation sites (tertiary alicyclic amines) is 1. The number of aromatic nitrogens is 2. The summed E-state index contributed by atoms with van der Waals surface area (Å²) < 4.78 is 1.73. The summed E-state index contributed by atoms with van der Waals surface area (Å²) in [5, 5.41) is 4.23. The predicted octanol–water partition coefficient (Wildman–Crippen LogP) is 0.961. The first-order chi connectivity index (χ1) is 8.11. The molecule has 0 radical (unpaired) electrons. The van der Waals surface area contributed by atoms with Crippen LogP contribution >= 0.6 is 12.4 Å². The molecule has 102 valence electrons. The number of amides is 1. The summed E-state index contributed by atoms with van der Waals surface area (Å²) in [4.78, 5) is 14.1. The summed E-state index contributed by atoms with van der Waals surface area (Å²) >= 11 is 0. The molecule has 1 atom stereocenters. The van der Waals surface area contributed by atoms with Crippen molar-refractivity contribution >= 4 is 18.3 Å². The fraction of sp³-hybridized carbons (Fsp3) is 0.667. The topological polar surface area (TPSA) is 64.2 Å². The fourth-order valence-corrected chi connectivity index (χ4v) is 2.27. The molecule has 2 heterocycles. The second-order valence-electron chi connectivity index (χ2n) is 4.79. The van der Waals surface area contributed by atoms with E-state index in [9.17, 15) is 4.79 Å².